The summed E-state index contributed by atoms with van der Waals surface area (Å²) in [6.07, 6.45) is 0.0435. The molecule has 2 aromatic rings. The third-order valence-electron chi connectivity index (χ3n) is 3.36. The molecule has 0 aliphatic rings. The molecule has 0 saturated carbocycles. The molecule has 0 aromatic heterocycles. The van der Waals surface area contributed by atoms with Gasteiger partial charge < -0.3 is 14.2 Å². The van der Waals surface area contributed by atoms with Crippen LogP contribution >= 0.6 is 20.2 Å². The molecule has 4 nitrogen and oxygen atoms in total. The topological polar surface area (TPSA) is 44.8 Å². The summed E-state index contributed by atoms with van der Waals surface area (Å²) in [5.41, 5.74) is 0.298. The molecule has 140 valence electrons. The van der Waals surface area contributed by atoms with Crippen molar-refractivity contribution >= 4 is 31.0 Å². The van der Waals surface area contributed by atoms with E-state index in [2.05, 4.69) is 0 Å². The molecule has 1 atom stereocenters. The van der Waals surface area contributed by atoms with Crippen LogP contribution in [0.2, 0.25) is 5.02 Å². The molecule has 2 aromatic carbocycles. The molecule has 0 aliphatic carbocycles. The van der Waals surface area contributed by atoms with E-state index in [9.17, 15) is 4.79 Å². The van der Waals surface area contributed by atoms with Crippen LogP contribution in [0.4, 0.5) is 0 Å². The maximum atomic E-state index is 12.9. The Labute approximate surface area is 179 Å². The van der Waals surface area contributed by atoms with E-state index in [1.54, 1.807) is 18.2 Å². The molecule has 0 fully saturated rings. The van der Waals surface area contributed by atoms with Crippen LogP contribution in [0.1, 0.15) is 38.1 Å². The Morgan fingerprint density at radius 2 is 1.67 bits per heavy atom. The van der Waals surface area contributed by atoms with E-state index < -0.39 is 0 Å². The molecular weight excluding hydrogens is 378 g/mol. The van der Waals surface area contributed by atoms with E-state index in [4.69, 9.17) is 25.8 Å². The van der Waals surface area contributed by atoms with Crippen molar-refractivity contribution in [1.29, 1.82) is 0 Å². The van der Waals surface area contributed by atoms with Crippen LogP contribution in [0.5, 0.6) is 17.2 Å². The van der Waals surface area contributed by atoms with Crippen molar-refractivity contribution in [2.24, 2.45) is 0 Å². The minimum Gasteiger partial charge on any atom is -0.496 e. The summed E-state index contributed by atoms with van der Waals surface area (Å²) in [5, 5.41) is 1.19. The molecule has 2 rings (SSSR count). The molecule has 0 N–H and O–H groups in total. The zero-order valence-electron chi connectivity index (χ0n) is 16.6. The van der Waals surface area contributed by atoms with Crippen LogP contribution in [-0.4, -0.2) is 24.8 Å². The Morgan fingerprint density at radius 3 is 2.26 bits per heavy atom. The second kappa shape index (κ2) is 11.0. The minimum atomic E-state index is -0.142. The van der Waals surface area contributed by atoms with Crippen molar-refractivity contribution in [2.75, 3.05) is 7.11 Å². The Kier molecular flexibility index (Phi) is 9.71. The van der Waals surface area contributed by atoms with Crippen LogP contribution in [-0.2, 0) is 0 Å². The Bertz CT molecular complexity index is 781. The first-order valence-electron chi connectivity index (χ1n) is 8.43. The van der Waals surface area contributed by atoms with Gasteiger partial charge in [-0.1, -0.05) is 17.7 Å². The van der Waals surface area contributed by atoms with Gasteiger partial charge >= 0.3 is 18.9 Å². The number of hydrogen-bond acceptors (Lipinski definition) is 4. The zero-order valence-corrected chi connectivity index (χ0v) is 18.4. The van der Waals surface area contributed by atoms with E-state index >= 15 is 0 Å². The predicted molar refractivity (Wildman–Crippen MR) is 108 cm³/mol. The van der Waals surface area contributed by atoms with Gasteiger partial charge in [-0.05, 0) is 60.5 Å². The Hall–Kier alpha value is -1.17. The van der Waals surface area contributed by atoms with Gasteiger partial charge in [0.15, 0.2) is 5.52 Å². The number of carbonyl (C=O) groups is 1. The third-order valence-corrected chi connectivity index (χ3v) is 4.83. The number of halogens is 1. The minimum absolute atomic E-state index is 0. The van der Waals surface area contributed by atoms with Gasteiger partial charge in [-0.2, -0.15) is 0 Å². The second-order valence-electron chi connectivity index (χ2n) is 6.26. The predicted octanol–water partition coefficient (Wildman–Crippen LogP) is 2.07. The smallest absolute Gasteiger partial charge is 0.496 e. The maximum absolute atomic E-state index is 12.9. The van der Waals surface area contributed by atoms with Crippen LogP contribution in [0.15, 0.2) is 36.4 Å². The molecule has 0 radical (unpaired) electrons. The summed E-state index contributed by atoms with van der Waals surface area (Å²) in [7, 11) is 1.38. The Morgan fingerprint density at radius 1 is 1.00 bits per heavy atom. The number of benzene rings is 2. The quantitative estimate of drug-likeness (QED) is 0.502. The number of hydrogen-bond donors (Lipinski definition) is 0. The van der Waals surface area contributed by atoms with Crippen molar-refractivity contribution in [3.63, 3.8) is 0 Å². The first kappa shape index (κ1) is 23.9. The summed E-state index contributed by atoms with van der Waals surface area (Å²) < 4.78 is 16.9. The fourth-order valence-electron chi connectivity index (χ4n) is 2.38. The van der Waals surface area contributed by atoms with Crippen molar-refractivity contribution < 1.29 is 37.9 Å². The summed E-state index contributed by atoms with van der Waals surface area (Å²) in [5.74, 6) is 1.84. The van der Waals surface area contributed by atoms with Gasteiger partial charge in [-0.25, -0.2) is 0 Å². The van der Waals surface area contributed by atoms with Gasteiger partial charge in [0.25, 0.3) is 0 Å². The van der Waals surface area contributed by atoms with Gasteiger partial charge in [0.05, 0.1) is 29.9 Å². The van der Waals surface area contributed by atoms with E-state index in [1.165, 1.54) is 7.11 Å². The van der Waals surface area contributed by atoms with Gasteiger partial charge in [0.2, 0.25) is 0 Å². The summed E-state index contributed by atoms with van der Waals surface area (Å²) in [6, 6.07) is 10.7. The van der Waals surface area contributed by atoms with E-state index in [0.717, 1.165) is 5.30 Å². The molecular formula is C20H24ClLiO4P+. The average molecular weight is 402 g/mol. The van der Waals surface area contributed by atoms with Crippen LogP contribution in [0, 0.1) is 0 Å². The molecule has 0 bridgehead atoms. The van der Waals surface area contributed by atoms with Crippen LogP contribution in [0.3, 0.4) is 0 Å². The number of carbonyl (C=O) groups excluding carboxylic acids is 1. The first-order valence-corrected chi connectivity index (χ1v) is 9.80. The summed E-state index contributed by atoms with van der Waals surface area (Å²) in [4.78, 5) is 12.9. The molecule has 0 spiro atoms. The first-order chi connectivity index (χ1) is 12.3. The van der Waals surface area contributed by atoms with E-state index in [1.807, 2.05) is 45.9 Å². The number of ether oxygens (including phenoxy) is 3. The van der Waals surface area contributed by atoms with Crippen LogP contribution < -0.4 is 38.4 Å². The molecule has 0 aliphatic heterocycles. The van der Waals surface area contributed by atoms with E-state index in [-0.39, 0.29) is 45.2 Å². The maximum Gasteiger partial charge on any atom is 1.00 e. The number of rotatable bonds is 8. The summed E-state index contributed by atoms with van der Waals surface area (Å²) >= 11 is 6.23. The van der Waals surface area contributed by atoms with Gasteiger partial charge in [-0.15, -0.1) is 0 Å². The zero-order chi connectivity index (χ0) is 19.3. The average Bonchev–Trinajstić information content (AvgIpc) is 2.55. The fourth-order valence-corrected chi connectivity index (χ4v) is 3.76. The fraction of sp³-hybridized carbons (Fsp3) is 0.350. The van der Waals surface area contributed by atoms with Crippen molar-refractivity contribution in [2.45, 2.75) is 39.9 Å². The van der Waals surface area contributed by atoms with Crippen molar-refractivity contribution in [3.05, 3.63) is 47.0 Å². The van der Waals surface area contributed by atoms with Gasteiger partial charge in [0, 0.05) is 11.4 Å². The van der Waals surface area contributed by atoms with Crippen molar-refractivity contribution in [3.8, 4) is 17.2 Å². The van der Waals surface area contributed by atoms with E-state index in [0.29, 0.717) is 27.8 Å². The van der Waals surface area contributed by atoms with Gasteiger partial charge in [0.1, 0.15) is 17.2 Å². The molecule has 27 heavy (non-hydrogen) atoms. The molecule has 7 heteroatoms. The van der Waals surface area contributed by atoms with Crippen molar-refractivity contribution in [1.82, 2.24) is 0 Å². The number of methoxy groups -OCH3 is 1. The largest absolute Gasteiger partial charge is 1.00 e. The molecule has 0 heterocycles. The summed E-state index contributed by atoms with van der Waals surface area (Å²) in [6.45, 7) is 7.82. The Balaban J connectivity index is 0.00000364. The standard InChI is InChI=1S/C20H24ClO4P.Li/c1-12(2)24-14-9-10-18(17(11-14)25-13(3)4)26-20(22)19-15(21)7-6-8-16(19)23-5;/h6-13,26H,1-5H3;/q;+1. The van der Waals surface area contributed by atoms with Crippen LogP contribution in [0.25, 0.3) is 0 Å². The molecule has 0 saturated heterocycles. The second-order valence-corrected chi connectivity index (χ2v) is 7.91. The molecule has 0 amide bonds. The van der Waals surface area contributed by atoms with Gasteiger partial charge in [-0.3, -0.25) is 4.79 Å². The normalized spacial score (nSPS) is 11.0. The SMILES string of the molecule is COc1cccc(Cl)c1C(=O)Pc1ccc(OC(C)C)cc1OC(C)C.[Li+]. The monoisotopic (exact) mass is 401 g/mol. The molecule has 1 unspecified atom stereocenters. The third kappa shape index (κ3) is 6.74.